The number of hydrogen-bond acceptors (Lipinski definition) is 3. The van der Waals surface area contributed by atoms with Crippen LogP contribution in [0.4, 0.5) is 4.39 Å². The molecule has 1 aliphatic carbocycles. The molecule has 0 aromatic heterocycles. The lowest BCUT2D eigenvalue weighted by atomic mass is 9.84. The Morgan fingerprint density at radius 3 is 2.65 bits per heavy atom. The van der Waals surface area contributed by atoms with Crippen LogP contribution in [0.15, 0.2) is 18.2 Å². The molecule has 20 heavy (non-hydrogen) atoms. The van der Waals surface area contributed by atoms with Gasteiger partial charge in [0.25, 0.3) is 0 Å². The summed E-state index contributed by atoms with van der Waals surface area (Å²) in [5.74, 6) is 0.240. The number of hydrogen-bond donors (Lipinski definition) is 2. The number of methoxy groups -OCH3 is 1. The number of aliphatic hydroxyl groups is 1. The average Bonchev–Trinajstić information content (AvgIpc) is 2.45. The molecule has 0 heterocycles. The summed E-state index contributed by atoms with van der Waals surface area (Å²) in [7, 11) is 1.52. The van der Waals surface area contributed by atoms with Crippen LogP contribution in [0.5, 0.6) is 5.75 Å². The second-order valence-electron chi connectivity index (χ2n) is 5.78. The summed E-state index contributed by atoms with van der Waals surface area (Å²) < 4.78 is 19.0. The van der Waals surface area contributed by atoms with E-state index < -0.39 is 5.60 Å². The molecule has 0 bridgehead atoms. The highest BCUT2D eigenvalue weighted by molar-refractivity contribution is 5.30. The maximum atomic E-state index is 14.0. The fourth-order valence-electron chi connectivity index (χ4n) is 2.83. The Labute approximate surface area is 120 Å². The molecule has 4 heteroatoms. The predicted molar refractivity (Wildman–Crippen MR) is 77.4 cm³/mol. The van der Waals surface area contributed by atoms with Crippen LogP contribution in [0.2, 0.25) is 0 Å². The highest BCUT2D eigenvalue weighted by Crippen LogP contribution is 2.28. The zero-order chi connectivity index (χ0) is 14.6. The molecule has 0 spiro atoms. The van der Waals surface area contributed by atoms with Gasteiger partial charge in [0.1, 0.15) is 11.6 Å². The minimum Gasteiger partial charge on any atom is -0.497 e. The molecule has 0 aliphatic heterocycles. The quantitative estimate of drug-likeness (QED) is 0.871. The molecule has 0 radical (unpaired) electrons. The van der Waals surface area contributed by atoms with Crippen molar-refractivity contribution in [2.75, 3.05) is 13.7 Å². The molecule has 3 nitrogen and oxygen atoms in total. The van der Waals surface area contributed by atoms with E-state index in [1.54, 1.807) is 12.1 Å². The molecule has 2 rings (SSSR count). The van der Waals surface area contributed by atoms with E-state index >= 15 is 0 Å². The van der Waals surface area contributed by atoms with Crippen molar-refractivity contribution in [3.63, 3.8) is 0 Å². The van der Waals surface area contributed by atoms with Gasteiger partial charge >= 0.3 is 0 Å². The Balaban J connectivity index is 1.96. The van der Waals surface area contributed by atoms with Crippen LogP contribution in [0, 0.1) is 5.82 Å². The molecule has 1 aliphatic rings. The second kappa shape index (κ2) is 6.55. The summed E-state index contributed by atoms with van der Waals surface area (Å²) in [4.78, 5) is 0. The van der Waals surface area contributed by atoms with Crippen molar-refractivity contribution in [3.8, 4) is 5.75 Å². The van der Waals surface area contributed by atoms with E-state index in [1.165, 1.54) is 19.6 Å². The molecule has 1 unspecified atom stereocenters. The highest BCUT2D eigenvalue weighted by atomic mass is 19.1. The van der Waals surface area contributed by atoms with Crippen LogP contribution in [0.25, 0.3) is 0 Å². The Morgan fingerprint density at radius 2 is 2.05 bits per heavy atom. The lowest BCUT2D eigenvalue weighted by Crippen LogP contribution is -2.43. The van der Waals surface area contributed by atoms with E-state index in [9.17, 15) is 9.50 Å². The summed E-state index contributed by atoms with van der Waals surface area (Å²) in [6.45, 7) is 2.43. The lowest BCUT2D eigenvalue weighted by Gasteiger charge is -2.33. The predicted octanol–water partition coefficient (Wildman–Crippen LogP) is 3.18. The molecule has 112 valence electrons. The third kappa shape index (κ3) is 3.70. The van der Waals surface area contributed by atoms with Crippen LogP contribution in [0.3, 0.4) is 0 Å². The molecule has 1 aromatic carbocycles. The number of ether oxygens (including phenoxy) is 1. The van der Waals surface area contributed by atoms with E-state index in [4.69, 9.17) is 4.74 Å². The van der Waals surface area contributed by atoms with E-state index in [1.807, 2.05) is 6.92 Å². The van der Waals surface area contributed by atoms with E-state index in [-0.39, 0.29) is 11.9 Å². The molecule has 1 atom stereocenters. The normalized spacial score (nSPS) is 19.6. The number of halogens is 1. The zero-order valence-corrected chi connectivity index (χ0v) is 12.3. The average molecular weight is 281 g/mol. The molecule has 1 fully saturated rings. The van der Waals surface area contributed by atoms with Gasteiger partial charge in [-0.2, -0.15) is 0 Å². The maximum absolute atomic E-state index is 14.0. The van der Waals surface area contributed by atoms with Gasteiger partial charge in [0.05, 0.1) is 12.7 Å². The van der Waals surface area contributed by atoms with Crippen LogP contribution < -0.4 is 10.1 Å². The third-order valence-electron chi connectivity index (χ3n) is 4.20. The molecule has 2 N–H and O–H groups in total. The van der Waals surface area contributed by atoms with Crippen LogP contribution in [-0.2, 0) is 0 Å². The Bertz CT molecular complexity index is 444. The summed E-state index contributed by atoms with van der Waals surface area (Å²) in [6.07, 6.45) is 5.01. The second-order valence-corrected chi connectivity index (χ2v) is 5.78. The SMILES string of the molecule is COc1ccc(C(C)NCC2(O)CCCCC2)c(F)c1. The van der Waals surface area contributed by atoms with Gasteiger partial charge in [-0.05, 0) is 25.8 Å². The van der Waals surface area contributed by atoms with Crippen molar-refractivity contribution >= 4 is 0 Å². The summed E-state index contributed by atoms with van der Waals surface area (Å²) >= 11 is 0. The monoisotopic (exact) mass is 281 g/mol. The Morgan fingerprint density at radius 1 is 1.35 bits per heavy atom. The van der Waals surface area contributed by atoms with Gasteiger partial charge in [-0.15, -0.1) is 0 Å². The van der Waals surface area contributed by atoms with Crippen LogP contribution in [-0.4, -0.2) is 24.4 Å². The largest absolute Gasteiger partial charge is 0.497 e. The van der Waals surface area contributed by atoms with Crippen LogP contribution >= 0.6 is 0 Å². The van der Waals surface area contributed by atoms with Gasteiger partial charge in [0.15, 0.2) is 0 Å². The third-order valence-corrected chi connectivity index (χ3v) is 4.20. The summed E-state index contributed by atoms with van der Waals surface area (Å²) in [5, 5.41) is 13.7. The molecule has 0 amide bonds. The zero-order valence-electron chi connectivity index (χ0n) is 12.3. The maximum Gasteiger partial charge on any atom is 0.131 e. The molecular weight excluding hydrogens is 257 g/mol. The Hall–Kier alpha value is -1.13. The van der Waals surface area contributed by atoms with E-state index in [2.05, 4.69) is 5.32 Å². The topological polar surface area (TPSA) is 41.5 Å². The fourth-order valence-corrected chi connectivity index (χ4v) is 2.83. The lowest BCUT2D eigenvalue weighted by molar-refractivity contribution is 0.00292. The van der Waals surface area contributed by atoms with Gasteiger partial charge < -0.3 is 15.2 Å². The molecular formula is C16H24FNO2. The Kier molecular flexibility index (Phi) is 5.00. The van der Waals surface area contributed by atoms with Gasteiger partial charge in [-0.1, -0.05) is 25.3 Å². The van der Waals surface area contributed by atoms with Gasteiger partial charge in [0.2, 0.25) is 0 Å². The minimum absolute atomic E-state index is 0.133. The van der Waals surface area contributed by atoms with Crippen molar-refractivity contribution in [2.24, 2.45) is 0 Å². The van der Waals surface area contributed by atoms with E-state index in [0.29, 0.717) is 17.9 Å². The van der Waals surface area contributed by atoms with Crippen molar-refractivity contribution in [1.29, 1.82) is 0 Å². The van der Waals surface area contributed by atoms with E-state index in [0.717, 1.165) is 25.7 Å². The number of nitrogens with one attached hydrogen (secondary N) is 1. The summed E-state index contributed by atoms with van der Waals surface area (Å²) in [5.41, 5.74) is -0.0275. The van der Waals surface area contributed by atoms with Crippen LogP contribution in [0.1, 0.15) is 50.6 Å². The number of rotatable bonds is 5. The summed E-state index contributed by atoms with van der Waals surface area (Å²) in [6, 6.07) is 4.75. The molecule has 1 aromatic rings. The highest BCUT2D eigenvalue weighted by Gasteiger charge is 2.29. The first-order valence-electron chi connectivity index (χ1n) is 7.33. The van der Waals surface area contributed by atoms with Gasteiger partial charge in [-0.3, -0.25) is 0 Å². The first-order chi connectivity index (χ1) is 9.54. The smallest absolute Gasteiger partial charge is 0.131 e. The minimum atomic E-state index is -0.630. The van der Waals surface area contributed by atoms with Gasteiger partial charge in [-0.25, -0.2) is 4.39 Å². The number of benzene rings is 1. The van der Waals surface area contributed by atoms with Crippen molar-refractivity contribution in [3.05, 3.63) is 29.6 Å². The molecule has 0 saturated heterocycles. The first-order valence-corrected chi connectivity index (χ1v) is 7.33. The standard InChI is InChI=1S/C16H24FNO2/c1-12(14-7-6-13(20-2)10-15(14)17)18-11-16(19)8-4-3-5-9-16/h6-7,10,12,18-19H,3-5,8-9,11H2,1-2H3. The van der Waals surface area contributed by atoms with Gasteiger partial charge in [0, 0.05) is 24.2 Å². The first kappa shape index (κ1) is 15.3. The van der Waals surface area contributed by atoms with Crippen molar-refractivity contribution in [1.82, 2.24) is 5.32 Å². The molecule has 1 saturated carbocycles. The van der Waals surface area contributed by atoms with Crippen molar-refractivity contribution < 1.29 is 14.2 Å². The van der Waals surface area contributed by atoms with Crippen molar-refractivity contribution in [2.45, 2.75) is 50.7 Å². The fraction of sp³-hybridized carbons (Fsp3) is 0.625.